The van der Waals surface area contributed by atoms with Crippen LogP contribution in [0, 0.1) is 0 Å². The minimum atomic E-state index is -5.08. The van der Waals surface area contributed by atoms with Gasteiger partial charge >= 0.3 is 18.2 Å². The molecule has 1 aliphatic carbocycles. The molecule has 0 saturated heterocycles. The Bertz CT molecular complexity index is 1130. The van der Waals surface area contributed by atoms with Gasteiger partial charge in [-0.05, 0) is 27.8 Å². The quantitative estimate of drug-likeness (QED) is 0.518. The van der Waals surface area contributed by atoms with Gasteiger partial charge in [0.1, 0.15) is 6.61 Å². The molecule has 0 spiro atoms. The summed E-state index contributed by atoms with van der Waals surface area (Å²) in [5, 5.41) is 11.0. The van der Waals surface area contributed by atoms with Crippen LogP contribution < -0.4 is 5.32 Å². The molecular weight excluding hydrogens is 435 g/mol. The van der Waals surface area contributed by atoms with Crippen molar-refractivity contribution in [1.82, 2.24) is 5.32 Å². The van der Waals surface area contributed by atoms with Gasteiger partial charge in [-0.1, -0.05) is 78.9 Å². The lowest BCUT2D eigenvalue weighted by Crippen LogP contribution is -2.57. The molecule has 0 fully saturated rings. The second-order valence-electron chi connectivity index (χ2n) is 7.79. The first-order chi connectivity index (χ1) is 15.7. The number of alkyl carbamates (subject to hydrolysis) is 1. The molecule has 1 aliphatic rings. The minimum absolute atomic E-state index is 0.199. The predicted molar refractivity (Wildman–Crippen MR) is 115 cm³/mol. The smallest absolute Gasteiger partial charge is 0.416 e. The zero-order chi connectivity index (χ0) is 23.6. The number of fused-ring (bicyclic) bond motifs is 3. The summed E-state index contributed by atoms with van der Waals surface area (Å²) in [6, 6.07) is 21.5. The summed E-state index contributed by atoms with van der Waals surface area (Å²) in [7, 11) is 0. The van der Waals surface area contributed by atoms with Crippen molar-refractivity contribution in [2.45, 2.75) is 24.1 Å². The monoisotopic (exact) mass is 455 g/mol. The maximum atomic E-state index is 14.2. The number of rotatable bonds is 6. The lowest BCUT2D eigenvalue weighted by atomic mass is 9.86. The highest BCUT2D eigenvalue weighted by atomic mass is 19.4. The van der Waals surface area contributed by atoms with E-state index < -0.39 is 35.8 Å². The van der Waals surface area contributed by atoms with Crippen LogP contribution in [0.15, 0.2) is 78.9 Å². The standard InChI is InChI=1S/C25H20F3NO4/c26-25(27,28)24(14-22(30)31,16-8-2-1-3-9-16)29-23(32)33-15-21-19-12-6-4-10-17(19)18-11-5-7-13-20(18)21/h1-13,21H,14-15H2,(H,29,32)(H,30,31). The molecule has 0 aliphatic heterocycles. The van der Waals surface area contributed by atoms with Gasteiger partial charge in [0, 0.05) is 5.92 Å². The Labute approximate surface area is 187 Å². The van der Waals surface area contributed by atoms with E-state index in [-0.39, 0.29) is 12.5 Å². The average molecular weight is 455 g/mol. The Morgan fingerprint density at radius 1 is 0.848 bits per heavy atom. The summed E-state index contributed by atoms with van der Waals surface area (Å²) in [4.78, 5) is 24.0. The number of carbonyl (C=O) groups is 2. The van der Waals surface area contributed by atoms with Crippen LogP contribution in [0.2, 0.25) is 0 Å². The molecule has 2 N–H and O–H groups in total. The fourth-order valence-corrected chi connectivity index (χ4v) is 4.31. The number of carboxylic acid groups (broad SMARTS) is 1. The maximum absolute atomic E-state index is 14.2. The van der Waals surface area contributed by atoms with Crippen molar-refractivity contribution in [2.24, 2.45) is 0 Å². The Morgan fingerprint density at radius 3 is 1.88 bits per heavy atom. The van der Waals surface area contributed by atoms with Crippen LogP contribution in [0.3, 0.4) is 0 Å². The molecular formula is C25H20F3NO4. The van der Waals surface area contributed by atoms with Gasteiger partial charge in [0.05, 0.1) is 6.42 Å². The molecule has 0 bridgehead atoms. The number of hydrogen-bond donors (Lipinski definition) is 2. The molecule has 1 atom stereocenters. The van der Waals surface area contributed by atoms with Crippen LogP contribution in [0.25, 0.3) is 11.1 Å². The number of carboxylic acids is 1. The number of aliphatic carboxylic acids is 1. The summed E-state index contributed by atoms with van der Waals surface area (Å²) in [5.74, 6) is -2.06. The van der Waals surface area contributed by atoms with Gasteiger partial charge in [0.15, 0.2) is 5.54 Å². The average Bonchev–Trinajstić information content (AvgIpc) is 3.10. The van der Waals surface area contributed by atoms with E-state index in [1.165, 1.54) is 18.2 Å². The van der Waals surface area contributed by atoms with E-state index in [9.17, 15) is 27.9 Å². The lowest BCUT2D eigenvalue weighted by Gasteiger charge is -2.35. The summed E-state index contributed by atoms with van der Waals surface area (Å²) in [5.41, 5.74) is 0.226. The topological polar surface area (TPSA) is 75.6 Å². The van der Waals surface area contributed by atoms with E-state index in [0.717, 1.165) is 34.4 Å². The van der Waals surface area contributed by atoms with Crippen LogP contribution >= 0.6 is 0 Å². The fraction of sp³-hybridized carbons (Fsp3) is 0.200. The number of carbonyl (C=O) groups excluding carboxylic acids is 1. The van der Waals surface area contributed by atoms with Gasteiger partial charge in [-0.3, -0.25) is 4.79 Å². The Hall–Kier alpha value is -3.81. The Morgan fingerprint density at radius 2 is 1.36 bits per heavy atom. The molecule has 3 aromatic rings. The van der Waals surface area contributed by atoms with E-state index >= 15 is 0 Å². The van der Waals surface area contributed by atoms with Crippen LogP contribution in [0.5, 0.6) is 0 Å². The highest BCUT2D eigenvalue weighted by molar-refractivity contribution is 5.79. The van der Waals surface area contributed by atoms with E-state index in [4.69, 9.17) is 4.74 Å². The Balaban J connectivity index is 1.60. The molecule has 170 valence electrons. The van der Waals surface area contributed by atoms with Crippen molar-refractivity contribution in [1.29, 1.82) is 0 Å². The summed E-state index contributed by atoms with van der Waals surface area (Å²) < 4.78 is 47.8. The van der Waals surface area contributed by atoms with Gasteiger partial charge in [-0.15, -0.1) is 0 Å². The van der Waals surface area contributed by atoms with Crippen LogP contribution in [0.1, 0.15) is 29.0 Å². The van der Waals surface area contributed by atoms with Crippen molar-refractivity contribution in [3.8, 4) is 11.1 Å². The first kappa shape index (κ1) is 22.4. The third-order valence-electron chi connectivity index (χ3n) is 5.83. The third-order valence-corrected chi connectivity index (χ3v) is 5.83. The summed E-state index contributed by atoms with van der Waals surface area (Å²) in [6.07, 6.45) is -7.82. The largest absolute Gasteiger partial charge is 0.481 e. The number of benzene rings is 3. The van der Waals surface area contributed by atoms with Gasteiger partial charge in [-0.2, -0.15) is 13.2 Å². The first-order valence-corrected chi connectivity index (χ1v) is 10.2. The SMILES string of the molecule is O=C(O)CC(NC(=O)OCC1c2ccccc2-c2ccccc21)(c1ccccc1)C(F)(F)F. The highest BCUT2D eigenvalue weighted by Gasteiger charge is 2.58. The number of ether oxygens (including phenoxy) is 1. The van der Waals surface area contributed by atoms with Gasteiger partial charge in [0.25, 0.3) is 0 Å². The summed E-state index contributed by atoms with van der Waals surface area (Å²) >= 11 is 0. The number of hydrogen-bond acceptors (Lipinski definition) is 3. The molecule has 0 radical (unpaired) electrons. The molecule has 8 heteroatoms. The zero-order valence-corrected chi connectivity index (χ0v) is 17.3. The molecule has 1 amide bonds. The van der Waals surface area contributed by atoms with Crippen molar-refractivity contribution >= 4 is 12.1 Å². The van der Waals surface area contributed by atoms with E-state index in [1.54, 1.807) is 0 Å². The van der Waals surface area contributed by atoms with Crippen molar-refractivity contribution in [3.05, 3.63) is 95.6 Å². The number of alkyl halides is 3. The highest BCUT2D eigenvalue weighted by Crippen LogP contribution is 2.45. The number of amides is 1. The van der Waals surface area contributed by atoms with E-state index in [0.29, 0.717) is 0 Å². The second-order valence-corrected chi connectivity index (χ2v) is 7.79. The Kier molecular flexibility index (Phi) is 5.84. The van der Waals surface area contributed by atoms with Gasteiger partial charge in [0.2, 0.25) is 0 Å². The molecule has 0 saturated carbocycles. The molecule has 0 heterocycles. The van der Waals surface area contributed by atoms with Crippen LogP contribution in [-0.4, -0.2) is 30.0 Å². The molecule has 5 nitrogen and oxygen atoms in total. The van der Waals surface area contributed by atoms with Crippen molar-refractivity contribution < 1.29 is 32.6 Å². The third kappa shape index (κ3) is 4.16. The van der Waals surface area contributed by atoms with Crippen molar-refractivity contribution in [3.63, 3.8) is 0 Å². The van der Waals surface area contributed by atoms with Gasteiger partial charge in [-0.25, -0.2) is 4.79 Å². The normalized spacial score (nSPS) is 14.6. The van der Waals surface area contributed by atoms with Gasteiger partial charge < -0.3 is 15.2 Å². The van der Waals surface area contributed by atoms with E-state index in [2.05, 4.69) is 0 Å². The molecule has 0 aromatic heterocycles. The molecule has 1 unspecified atom stereocenters. The first-order valence-electron chi connectivity index (χ1n) is 10.2. The van der Waals surface area contributed by atoms with Crippen LogP contribution in [-0.2, 0) is 15.1 Å². The number of halogens is 3. The minimum Gasteiger partial charge on any atom is -0.481 e. The van der Waals surface area contributed by atoms with Crippen molar-refractivity contribution in [2.75, 3.05) is 6.61 Å². The zero-order valence-electron chi connectivity index (χ0n) is 17.3. The second kappa shape index (κ2) is 8.61. The maximum Gasteiger partial charge on any atom is 0.416 e. The number of nitrogens with one attached hydrogen (secondary N) is 1. The van der Waals surface area contributed by atoms with E-state index in [1.807, 2.05) is 53.8 Å². The molecule has 3 aromatic carbocycles. The molecule has 4 rings (SSSR count). The predicted octanol–water partition coefficient (Wildman–Crippen LogP) is 5.46. The fourth-order valence-electron chi connectivity index (χ4n) is 4.31. The molecule has 33 heavy (non-hydrogen) atoms. The summed E-state index contributed by atoms with van der Waals surface area (Å²) in [6.45, 7) is -0.199. The van der Waals surface area contributed by atoms with Crippen LogP contribution in [0.4, 0.5) is 18.0 Å². The lowest BCUT2D eigenvalue weighted by molar-refractivity contribution is -0.204.